The zero-order chi connectivity index (χ0) is 30.5. The maximum absolute atomic E-state index is 15.0. The third-order valence-corrected chi connectivity index (χ3v) is 7.82. The summed E-state index contributed by atoms with van der Waals surface area (Å²) in [6.07, 6.45) is 5.82. The molecule has 10 heteroatoms. The van der Waals surface area contributed by atoms with Gasteiger partial charge in [-0.2, -0.15) is 0 Å². The highest BCUT2D eigenvalue weighted by Crippen LogP contribution is 2.33. The van der Waals surface area contributed by atoms with Crippen molar-refractivity contribution < 1.29 is 33.0 Å². The number of para-hydroxylation sites is 1. The number of carbonyl (C=O) groups is 4. The van der Waals surface area contributed by atoms with Crippen molar-refractivity contribution in [2.24, 2.45) is 5.92 Å². The van der Waals surface area contributed by atoms with E-state index in [0.29, 0.717) is 42.1 Å². The number of carbonyl (C=O) groups excluding carboxylic acids is 4. The van der Waals surface area contributed by atoms with Crippen LogP contribution >= 0.6 is 0 Å². The summed E-state index contributed by atoms with van der Waals surface area (Å²) in [5.74, 6) is -2.56. The molecule has 0 aromatic heterocycles. The van der Waals surface area contributed by atoms with E-state index in [9.17, 15) is 23.6 Å². The molecule has 2 aliphatic rings. The first-order chi connectivity index (χ1) is 20.8. The van der Waals surface area contributed by atoms with Crippen LogP contribution in [0.1, 0.15) is 35.2 Å². The van der Waals surface area contributed by atoms with Gasteiger partial charge in [0.15, 0.2) is 0 Å². The summed E-state index contributed by atoms with van der Waals surface area (Å²) in [7, 11) is 2.98. The number of ether oxygens (including phenoxy) is 2. The SMILES string of the molecule is COc1ccc(NC(=O)C(C2CC=CCC2)N(Cc2ccccc2F)C(=O)CN2C(=O)C(=O)c3ccccc32)c(OC)c1. The second-order valence-electron chi connectivity index (χ2n) is 10.4. The van der Waals surface area contributed by atoms with Gasteiger partial charge in [-0.1, -0.05) is 42.5 Å². The lowest BCUT2D eigenvalue weighted by Gasteiger charge is -2.37. The minimum Gasteiger partial charge on any atom is -0.497 e. The number of allylic oxidation sites excluding steroid dienone is 2. The zero-order valence-electron chi connectivity index (χ0n) is 23.9. The third-order valence-electron chi connectivity index (χ3n) is 7.82. The molecule has 0 saturated heterocycles. The van der Waals surface area contributed by atoms with Gasteiger partial charge in [0.25, 0.3) is 11.7 Å². The average molecular weight is 586 g/mol. The topological polar surface area (TPSA) is 105 Å². The molecule has 43 heavy (non-hydrogen) atoms. The Morgan fingerprint density at radius 1 is 1.02 bits per heavy atom. The number of halogens is 1. The predicted molar refractivity (Wildman–Crippen MR) is 159 cm³/mol. The molecule has 0 fully saturated rings. The van der Waals surface area contributed by atoms with Crippen molar-refractivity contribution in [3.63, 3.8) is 0 Å². The Bertz CT molecular complexity index is 1590. The van der Waals surface area contributed by atoms with Crippen LogP contribution in [0.5, 0.6) is 11.5 Å². The molecule has 0 bridgehead atoms. The van der Waals surface area contributed by atoms with E-state index in [-0.39, 0.29) is 23.6 Å². The van der Waals surface area contributed by atoms with Crippen LogP contribution in [0.15, 0.2) is 78.9 Å². The molecule has 3 aromatic carbocycles. The van der Waals surface area contributed by atoms with Gasteiger partial charge in [0, 0.05) is 18.2 Å². The standard InChI is InChI=1S/C33H32FN3O6/c1-42-23-16-17-26(28(18-23)43-2)35-32(40)30(21-10-4-3-5-11-21)37(19-22-12-6-8-14-25(22)34)29(38)20-36-27-15-9-7-13-24(27)31(39)33(36)41/h3-4,6-9,12-18,21,30H,5,10-11,19-20H2,1-2H3,(H,35,40). The fourth-order valence-corrected chi connectivity index (χ4v) is 5.61. The fourth-order valence-electron chi connectivity index (χ4n) is 5.61. The quantitative estimate of drug-likeness (QED) is 0.272. The lowest BCUT2D eigenvalue weighted by atomic mass is 9.85. The van der Waals surface area contributed by atoms with Crippen LogP contribution in [0.4, 0.5) is 15.8 Å². The molecule has 9 nitrogen and oxygen atoms in total. The monoisotopic (exact) mass is 585 g/mol. The van der Waals surface area contributed by atoms with Crippen molar-refractivity contribution >= 4 is 34.9 Å². The molecule has 1 N–H and O–H groups in total. The van der Waals surface area contributed by atoms with Crippen LogP contribution in [0, 0.1) is 11.7 Å². The van der Waals surface area contributed by atoms with Crippen LogP contribution in [0.3, 0.4) is 0 Å². The van der Waals surface area contributed by atoms with E-state index in [1.807, 2.05) is 12.2 Å². The first-order valence-corrected chi connectivity index (χ1v) is 14.0. The minimum atomic E-state index is -1.03. The number of ketones is 1. The van der Waals surface area contributed by atoms with Crippen LogP contribution in [-0.2, 0) is 20.9 Å². The van der Waals surface area contributed by atoms with Crippen molar-refractivity contribution in [2.75, 3.05) is 31.0 Å². The maximum atomic E-state index is 15.0. The molecule has 5 rings (SSSR count). The van der Waals surface area contributed by atoms with Crippen LogP contribution in [0.25, 0.3) is 0 Å². The number of nitrogens with one attached hydrogen (secondary N) is 1. The van der Waals surface area contributed by atoms with Gasteiger partial charge in [-0.15, -0.1) is 0 Å². The molecule has 2 atom stereocenters. The van der Waals surface area contributed by atoms with Gasteiger partial charge in [0.05, 0.1) is 31.2 Å². The number of rotatable bonds is 10. The van der Waals surface area contributed by atoms with Crippen molar-refractivity contribution in [1.29, 1.82) is 0 Å². The summed E-state index contributed by atoms with van der Waals surface area (Å²) < 4.78 is 25.7. The molecule has 3 amide bonds. The summed E-state index contributed by atoms with van der Waals surface area (Å²) in [5.41, 5.74) is 1.11. The number of fused-ring (bicyclic) bond motifs is 1. The van der Waals surface area contributed by atoms with Crippen LogP contribution < -0.4 is 19.7 Å². The summed E-state index contributed by atoms with van der Waals surface area (Å²) in [6, 6.07) is 16.4. The largest absolute Gasteiger partial charge is 0.497 e. The lowest BCUT2D eigenvalue weighted by Crippen LogP contribution is -2.54. The second kappa shape index (κ2) is 12.9. The number of amides is 3. The molecule has 2 unspecified atom stereocenters. The van der Waals surface area contributed by atoms with E-state index in [2.05, 4.69) is 5.32 Å². The van der Waals surface area contributed by atoms with Gasteiger partial charge in [0.2, 0.25) is 11.8 Å². The molecule has 1 aliphatic carbocycles. The van der Waals surface area contributed by atoms with Gasteiger partial charge in [-0.25, -0.2) is 4.39 Å². The zero-order valence-corrected chi connectivity index (χ0v) is 23.9. The van der Waals surface area contributed by atoms with Crippen molar-refractivity contribution in [3.8, 4) is 11.5 Å². The second-order valence-corrected chi connectivity index (χ2v) is 10.4. The third kappa shape index (κ3) is 6.13. The van der Waals surface area contributed by atoms with Gasteiger partial charge >= 0.3 is 0 Å². The molecule has 1 heterocycles. The van der Waals surface area contributed by atoms with Crippen molar-refractivity contribution in [2.45, 2.75) is 31.8 Å². The molecule has 0 spiro atoms. The highest BCUT2D eigenvalue weighted by Gasteiger charge is 2.41. The maximum Gasteiger partial charge on any atom is 0.299 e. The van der Waals surface area contributed by atoms with E-state index in [4.69, 9.17) is 9.47 Å². The number of hydrogen-bond acceptors (Lipinski definition) is 6. The first-order valence-electron chi connectivity index (χ1n) is 14.0. The van der Waals surface area contributed by atoms with E-state index in [0.717, 1.165) is 4.90 Å². The van der Waals surface area contributed by atoms with Crippen LogP contribution in [-0.4, -0.2) is 55.2 Å². The van der Waals surface area contributed by atoms with Gasteiger partial charge in [0.1, 0.15) is 29.9 Å². The Morgan fingerprint density at radius 2 is 1.79 bits per heavy atom. The lowest BCUT2D eigenvalue weighted by molar-refractivity contribution is -0.140. The van der Waals surface area contributed by atoms with E-state index >= 15 is 0 Å². The summed E-state index contributed by atoms with van der Waals surface area (Å²) >= 11 is 0. The average Bonchev–Trinajstić information content (AvgIpc) is 3.27. The number of benzene rings is 3. The Hall–Kier alpha value is -4.99. The summed E-state index contributed by atoms with van der Waals surface area (Å²) in [5, 5.41) is 2.91. The normalized spacial score (nSPS) is 16.4. The van der Waals surface area contributed by atoms with Gasteiger partial charge < -0.3 is 19.7 Å². The number of methoxy groups -OCH3 is 2. The summed E-state index contributed by atoms with van der Waals surface area (Å²) in [6.45, 7) is -0.713. The molecular formula is C33H32FN3O6. The van der Waals surface area contributed by atoms with E-state index in [1.54, 1.807) is 54.6 Å². The predicted octanol–water partition coefficient (Wildman–Crippen LogP) is 4.76. The van der Waals surface area contributed by atoms with Crippen LogP contribution in [0.2, 0.25) is 0 Å². The molecule has 0 radical (unpaired) electrons. The number of nitrogens with zero attached hydrogens (tertiary/aromatic N) is 2. The van der Waals surface area contributed by atoms with E-state index < -0.39 is 41.9 Å². The molecular weight excluding hydrogens is 553 g/mol. The molecule has 0 saturated carbocycles. The Balaban J connectivity index is 1.53. The smallest absolute Gasteiger partial charge is 0.299 e. The van der Waals surface area contributed by atoms with Crippen molar-refractivity contribution in [3.05, 3.63) is 95.8 Å². The summed E-state index contributed by atoms with van der Waals surface area (Å²) in [4.78, 5) is 56.4. The molecule has 3 aromatic rings. The highest BCUT2D eigenvalue weighted by atomic mass is 19.1. The Kier molecular flexibility index (Phi) is 8.85. The number of hydrogen-bond donors (Lipinski definition) is 1. The Labute approximate surface area is 248 Å². The highest BCUT2D eigenvalue weighted by molar-refractivity contribution is 6.52. The minimum absolute atomic E-state index is 0.208. The number of Topliss-reactive ketones (excluding diaryl/α,β-unsaturated/α-hetero) is 1. The molecule has 222 valence electrons. The van der Waals surface area contributed by atoms with E-state index in [1.165, 1.54) is 31.3 Å². The van der Waals surface area contributed by atoms with Crippen molar-refractivity contribution in [1.82, 2.24) is 4.90 Å². The Morgan fingerprint density at radius 3 is 2.51 bits per heavy atom. The first kappa shape index (κ1) is 29.5. The molecule has 1 aliphatic heterocycles. The number of anilines is 2. The van der Waals surface area contributed by atoms with Gasteiger partial charge in [-0.3, -0.25) is 24.1 Å². The van der Waals surface area contributed by atoms with Gasteiger partial charge in [-0.05, 0) is 55.5 Å². The fraction of sp³-hybridized carbons (Fsp3) is 0.273.